The van der Waals surface area contributed by atoms with Crippen LogP contribution in [0.4, 0.5) is 0 Å². The van der Waals surface area contributed by atoms with Gasteiger partial charge in [0, 0.05) is 0 Å². The van der Waals surface area contributed by atoms with Gasteiger partial charge in [0.2, 0.25) is 0 Å². The van der Waals surface area contributed by atoms with Crippen LogP contribution in [0.15, 0.2) is 0 Å². The first-order valence-electron chi connectivity index (χ1n) is 7.32. The maximum Gasteiger partial charge on any atom is 0.0758 e. The molecule has 0 bridgehead atoms. The van der Waals surface area contributed by atoms with Gasteiger partial charge in [0.15, 0.2) is 0 Å². The zero-order valence-corrected chi connectivity index (χ0v) is 14.2. The van der Waals surface area contributed by atoms with Crippen LogP contribution in [0.25, 0.3) is 0 Å². The molecule has 0 saturated heterocycles. The average Bonchev–Trinajstić information content (AvgIpc) is 2.64. The van der Waals surface area contributed by atoms with Crippen molar-refractivity contribution in [2.24, 2.45) is 11.8 Å². The van der Waals surface area contributed by atoms with E-state index in [1.807, 2.05) is 0 Å². The molecule has 0 radical (unpaired) electrons. The quantitative estimate of drug-likeness (QED) is 0.720. The summed E-state index contributed by atoms with van der Waals surface area (Å²) in [5.74, 6) is 1.69. The molecule has 0 N–H and O–H groups in total. The summed E-state index contributed by atoms with van der Waals surface area (Å²) < 4.78 is 3.77. The summed E-state index contributed by atoms with van der Waals surface area (Å²) in [5.41, 5.74) is 2.75. The van der Waals surface area contributed by atoms with Gasteiger partial charge < -0.3 is 0 Å². The zero-order chi connectivity index (χ0) is 13.3. The normalized spacial score (nSPS) is 28.6. The first-order chi connectivity index (χ1) is 8.56. The minimum atomic E-state index is 0.632. The van der Waals surface area contributed by atoms with E-state index in [2.05, 4.69) is 55.0 Å². The number of aromatic nitrogens is 2. The largest absolute Gasteiger partial charge is 0.265 e. The fourth-order valence-electron chi connectivity index (χ4n) is 3.45. The molecule has 0 aromatic carbocycles. The van der Waals surface area contributed by atoms with Crippen molar-refractivity contribution in [1.29, 1.82) is 0 Å². The number of aryl methyl sites for hydroxylation is 1. The molecule has 0 spiro atoms. The Morgan fingerprint density at radius 2 is 1.72 bits per heavy atom. The van der Waals surface area contributed by atoms with Crippen molar-refractivity contribution in [3.63, 3.8) is 0 Å². The second-order valence-electron chi connectivity index (χ2n) is 5.93. The maximum absolute atomic E-state index is 4.90. The molecular weight excluding hydrogens is 335 g/mol. The summed E-state index contributed by atoms with van der Waals surface area (Å²) in [6.07, 6.45) is 6.15. The summed E-state index contributed by atoms with van der Waals surface area (Å²) in [4.78, 5) is 0. The topological polar surface area (TPSA) is 17.8 Å². The van der Waals surface area contributed by atoms with Gasteiger partial charge in [-0.3, -0.25) is 4.68 Å². The maximum atomic E-state index is 4.90. The monoisotopic (exact) mass is 360 g/mol. The van der Waals surface area contributed by atoms with E-state index in [1.54, 1.807) is 0 Å². The van der Waals surface area contributed by atoms with Crippen molar-refractivity contribution in [3.05, 3.63) is 15.0 Å². The number of halogens is 1. The molecule has 1 fully saturated rings. The molecular formula is C15H25IN2. The number of hydrogen-bond donors (Lipinski definition) is 0. The van der Waals surface area contributed by atoms with Crippen LogP contribution in [-0.4, -0.2) is 9.78 Å². The Hall–Kier alpha value is -0.0600. The molecule has 102 valence electrons. The fourth-order valence-corrected chi connectivity index (χ4v) is 4.57. The number of nitrogens with zero attached hydrogens (tertiary/aromatic N) is 2. The number of rotatable bonds is 3. The van der Waals surface area contributed by atoms with Crippen LogP contribution in [0, 0.1) is 15.4 Å². The third-order valence-corrected chi connectivity index (χ3v) is 5.43. The smallest absolute Gasteiger partial charge is 0.0758 e. The van der Waals surface area contributed by atoms with E-state index >= 15 is 0 Å². The highest BCUT2D eigenvalue weighted by Gasteiger charge is 2.28. The molecule has 1 aromatic heterocycles. The first kappa shape index (κ1) is 14.4. The molecule has 2 unspecified atom stereocenters. The molecule has 0 amide bonds. The summed E-state index contributed by atoms with van der Waals surface area (Å²) in [6.45, 7) is 9.25. The fraction of sp³-hybridized carbons (Fsp3) is 0.800. The summed E-state index contributed by atoms with van der Waals surface area (Å²) in [5, 5.41) is 4.90. The molecule has 2 atom stereocenters. The van der Waals surface area contributed by atoms with Gasteiger partial charge in [-0.05, 0) is 66.5 Å². The first-order valence-corrected chi connectivity index (χ1v) is 8.40. The van der Waals surface area contributed by atoms with Gasteiger partial charge in [-0.2, -0.15) is 5.10 Å². The summed E-state index contributed by atoms with van der Waals surface area (Å²) in [7, 11) is 0. The van der Waals surface area contributed by atoms with Crippen molar-refractivity contribution < 1.29 is 0 Å². The molecule has 18 heavy (non-hydrogen) atoms. The summed E-state index contributed by atoms with van der Waals surface area (Å²) >= 11 is 2.49. The van der Waals surface area contributed by atoms with Crippen molar-refractivity contribution in [2.75, 3.05) is 0 Å². The Kier molecular flexibility index (Phi) is 4.73. The van der Waals surface area contributed by atoms with Gasteiger partial charge in [-0.25, -0.2) is 0 Å². The lowest BCUT2D eigenvalue weighted by molar-refractivity contribution is 0.206. The van der Waals surface area contributed by atoms with Gasteiger partial charge in [-0.1, -0.05) is 27.7 Å². The van der Waals surface area contributed by atoms with Crippen molar-refractivity contribution >= 4 is 22.6 Å². The molecule has 2 nitrogen and oxygen atoms in total. The van der Waals surface area contributed by atoms with Crippen molar-refractivity contribution in [1.82, 2.24) is 9.78 Å². The Balaban J connectivity index is 2.32. The molecule has 1 aromatic rings. The second-order valence-corrected chi connectivity index (χ2v) is 7.01. The van der Waals surface area contributed by atoms with Crippen LogP contribution in [0.1, 0.15) is 64.4 Å². The summed E-state index contributed by atoms with van der Waals surface area (Å²) in [6, 6.07) is 0.632. The van der Waals surface area contributed by atoms with Crippen LogP contribution in [0.3, 0.4) is 0 Å². The molecule has 3 heteroatoms. The van der Waals surface area contributed by atoms with Gasteiger partial charge >= 0.3 is 0 Å². The van der Waals surface area contributed by atoms with Crippen LogP contribution >= 0.6 is 22.6 Å². The van der Waals surface area contributed by atoms with E-state index in [0.29, 0.717) is 6.04 Å². The average molecular weight is 360 g/mol. The molecule has 1 saturated carbocycles. The van der Waals surface area contributed by atoms with E-state index < -0.39 is 0 Å². The Bertz CT molecular complexity index is 401. The van der Waals surface area contributed by atoms with E-state index in [1.165, 1.54) is 34.2 Å². The standard InChI is InChI=1S/C15H25IN2/c1-5-13-15(16)14(6-2)18(17-13)12-8-10(3)7-11(4)9-12/h10-12H,5-9H2,1-4H3. The third-order valence-electron chi connectivity index (χ3n) is 4.18. The molecule has 2 rings (SSSR count). The van der Waals surface area contributed by atoms with E-state index in [0.717, 1.165) is 24.7 Å². The van der Waals surface area contributed by atoms with Gasteiger partial charge in [0.1, 0.15) is 0 Å². The van der Waals surface area contributed by atoms with E-state index in [-0.39, 0.29) is 0 Å². The van der Waals surface area contributed by atoms with Crippen LogP contribution in [-0.2, 0) is 12.8 Å². The third kappa shape index (κ3) is 2.75. The lowest BCUT2D eigenvalue weighted by Gasteiger charge is -2.32. The van der Waals surface area contributed by atoms with Gasteiger partial charge in [0.05, 0.1) is 21.0 Å². The van der Waals surface area contributed by atoms with E-state index in [4.69, 9.17) is 5.10 Å². The molecule has 1 heterocycles. The minimum Gasteiger partial charge on any atom is -0.265 e. The van der Waals surface area contributed by atoms with Crippen molar-refractivity contribution in [3.8, 4) is 0 Å². The zero-order valence-electron chi connectivity index (χ0n) is 12.0. The van der Waals surface area contributed by atoms with Gasteiger partial charge in [0.25, 0.3) is 0 Å². The lowest BCUT2D eigenvalue weighted by Crippen LogP contribution is -2.24. The van der Waals surface area contributed by atoms with Crippen LogP contribution in [0.5, 0.6) is 0 Å². The predicted octanol–water partition coefficient (Wildman–Crippen LogP) is 4.61. The van der Waals surface area contributed by atoms with Gasteiger partial charge in [-0.15, -0.1) is 0 Å². The predicted molar refractivity (Wildman–Crippen MR) is 84.9 cm³/mol. The molecule has 0 aliphatic heterocycles. The SMILES string of the molecule is CCc1nn(C2CC(C)CC(C)C2)c(CC)c1I. The highest BCUT2D eigenvalue weighted by molar-refractivity contribution is 14.1. The lowest BCUT2D eigenvalue weighted by atomic mass is 9.80. The number of hydrogen-bond acceptors (Lipinski definition) is 1. The van der Waals surface area contributed by atoms with E-state index in [9.17, 15) is 0 Å². The van der Waals surface area contributed by atoms with Crippen LogP contribution < -0.4 is 0 Å². The molecule has 1 aliphatic rings. The van der Waals surface area contributed by atoms with Crippen molar-refractivity contribution in [2.45, 2.75) is 65.8 Å². The Morgan fingerprint density at radius 3 is 2.22 bits per heavy atom. The van der Waals surface area contributed by atoms with Crippen LogP contribution in [0.2, 0.25) is 0 Å². The Morgan fingerprint density at radius 1 is 1.11 bits per heavy atom. The molecule has 1 aliphatic carbocycles. The highest BCUT2D eigenvalue weighted by atomic mass is 127. The Labute approximate surface area is 125 Å². The second kappa shape index (κ2) is 5.93. The minimum absolute atomic E-state index is 0.632. The highest BCUT2D eigenvalue weighted by Crippen LogP contribution is 2.37.